The van der Waals surface area contributed by atoms with Crippen LogP contribution >= 0.6 is 0 Å². The van der Waals surface area contributed by atoms with Gasteiger partial charge in [0.15, 0.2) is 12.2 Å². The Labute approximate surface area is 204 Å². The molecule has 9 heteroatoms. The van der Waals surface area contributed by atoms with E-state index in [4.69, 9.17) is 10.7 Å². The molecule has 0 saturated carbocycles. The first-order valence-electron chi connectivity index (χ1n) is 11.8. The number of likely N-dealkylation sites (N-methyl/N-ethyl adjacent to an activating group) is 1. The van der Waals surface area contributed by atoms with Crippen LogP contribution in [0, 0.1) is 0 Å². The summed E-state index contributed by atoms with van der Waals surface area (Å²) in [4.78, 5) is 48.7. The number of urea groups is 1. The highest BCUT2D eigenvalue weighted by Gasteiger charge is 2.55. The number of amides is 4. The van der Waals surface area contributed by atoms with Gasteiger partial charge in [-0.3, -0.25) is 24.3 Å². The molecule has 1 saturated heterocycles. The van der Waals surface area contributed by atoms with E-state index in [9.17, 15) is 14.4 Å². The molecule has 2 aromatic rings. The number of aliphatic imine (C=N–C) groups is 1. The Kier molecular flexibility index (Phi) is 5.76. The van der Waals surface area contributed by atoms with Crippen molar-refractivity contribution in [2.24, 2.45) is 10.7 Å². The van der Waals surface area contributed by atoms with Crippen molar-refractivity contribution in [2.45, 2.75) is 38.4 Å². The number of guanidine groups is 1. The predicted molar refractivity (Wildman–Crippen MR) is 133 cm³/mol. The number of rotatable bonds is 7. The van der Waals surface area contributed by atoms with Gasteiger partial charge in [-0.25, -0.2) is 9.79 Å². The number of primary amides is 1. The maximum Gasteiger partial charge on any atom is 0.328 e. The molecule has 0 radical (unpaired) electrons. The minimum Gasteiger partial charge on any atom is -0.368 e. The summed E-state index contributed by atoms with van der Waals surface area (Å²) in [7, 11) is 1.58. The van der Waals surface area contributed by atoms with E-state index < -0.39 is 36.6 Å². The molecule has 2 N–H and O–H groups in total. The van der Waals surface area contributed by atoms with E-state index in [2.05, 4.69) is 31.2 Å². The Bertz CT molecular complexity index is 1220. The van der Waals surface area contributed by atoms with Gasteiger partial charge in [-0.2, -0.15) is 0 Å². The molecule has 1 fully saturated rings. The van der Waals surface area contributed by atoms with E-state index in [-0.39, 0.29) is 0 Å². The maximum absolute atomic E-state index is 13.4. The van der Waals surface area contributed by atoms with Crippen LogP contribution in [-0.2, 0) is 16.0 Å². The quantitative estimate of drug-likeness (QED) is 0.667. The molecule has 9 nitrogen and oxygen atoms in total. The molecule has 3 aliphatic heterocycles. The summed E-state index contributed by atoms with van der Waals surface area (Å²) in [5, 5.41) is 0. The number of aryl methyl sites for hydroxylation is 1. The van der Waals surface area contributed by atoms with Crippen molar-refractivity contribution in [3.63, 3.8) is 0 Å². The van der Waals surface area contributed by atoms with Gasteiger partial charge in [-0.05, 0) is 30.5 Å². The fourth-order valence-electron chi connectivity index (χ4n) is 4.80. The number of hydrogen-bond acceptors (Lipinski definition) is 6. The van der Waals surface area contributed by atoms with Crippen molar-refractivity contribution in [2.75, 3.05) is 18.5 Å². The maximum atomic E-state index is 13.4. The lowest BCUT2D eigenvalue weighted by Gasteiger charge is -2.39. The predicted octanol–water partition coefficient (Wildman–Crippen LogP) is 2.59. The summed E-state index contributed by atoms with van der Waals surface area (Å²) < 4.78 is 0. The third-order valence-corrected chi connectivity index (χ3v) is 6.61. The number of nitrogens with two attached hydrogens (primary N) is 1. The minimum absolute atomic E-state index is 0.466. The summed E-state index contributed by atoms with van der Waals surface area (Å²) in [5.41, 5.74) is 9.33. The number of nitrogens with zero attached hydrogens (tertiary/aromatic N) is 5. The molecule has 0 aliphatic carbocycles. The van der Waals surface area contributed by atoms with Gasteiger partial charge >= 0.3 is 6.03 Å². The Morgan fingerprint density at radius 2 is 1.77 bits per heavy atom. The Morgan fingerprint density at radius 3 is 2.43 bits per heavy atom. The lowest BCUT2D eigenvalue weighted by molar-refractivity contribution is -0.139. The highest BCUT2D eigenvalue weighted by atomic mass is 16.2. The van der Waals surface area contributed by atoms with Crippen molar-refractivity contribution in [1.82, 2.24) is 14.7 Å². The lowest BCUT2D eigenvalue weighted by Crippen LogP contribution is -2.65. The van der Waals surface area contributed by atoms with Crippen LogP contribution < -0.4 is 10.6 Å². The number of unbranched alkanes of at least 4 members (excludes halogenated alkanes) is 1. The molecule has 3 heterocycles. The largest absolute Gasteiger partial charge is 0.368 e. The molecule has 2 atom stereocenters. The van der Waals surface area contributed by atoms with E-state index in [1.807, 2.05) is 41.4 Å². The number of carbonyl (C=O) groups is 3. The molecule has 0 spiro atoms. The number of imide groups is 1. The molecule has 0 bridgehead atoms. The molecule has 35 heavy (non-hydrogen) atoms. The average Bonchev–Trinajstić information content (AvgIpc) is 3.41. The lowest BCUT2D eigenvalue weighted by atomic mass is 10.1. The van der Waals surface area contributed by atoms with E-state index in [1.54, 1.807) is 11.9 Å². The van der Waals surface area contributed by atoms with Gasteiger partial charge in [0.25, 0.3) is 5.91 Å². The van der Waals surface area contributed by atoms with E-state index >= 15 is 0 Å². The first kappa shape index (κ1) is 22.6. The van der Waals surface area contributed by atoms with Crippen LogP contribution in [0.2, 0.25) is 0 Å². The second-order valence-electron chi connectivity index (χ2n) is 8.96. The van der Waals surface area contributed by atoms with Crippen LogP contribution in [0.4, 0.5) is 10.5 Å². The monoisotopic (exact) mass is 472 g/mol. The van der Waals surface area contributed by atoms with Crippen LogP contribution in [0.1, 0.15) is 30.9 Å². The van der Waals surface area contributed by atoms with Gasteiger partial charge in [-0.1, -0.05) is 55.8 Å². The van der Waals surface area contributed by atoms with Crippen molar-refractivity contribution in [3.8, 4) is 0 Å². The zero-order valence-electron chi connectivity index (χ0n) is 19.8. The molecule has 4 amide bonds. The fourth-order valence-corrected chi connectivity index (χ4v) is 4.80. The molecule has 180 valence electrons. The zero-order valence-corrected chi connectivity index (χ0v) is 19.8. The minimum atomic E-state index is -0.778. The SMILES string of the molecule is CCCCc1ccc(N2C(c3ccccc3)=CN3C2=NC2C3C(=O)N(CC(N)=O)C(=O)N2C)cc1. The second kappa shape index (κ2) is 8.90. The third-order valence-electron chi connectivity index (χ3n) is 6.61. The number of fused-ring (bicyclic) bond motifs is 3. The fraction of sp³-hybridized carbons (Fsp3) is 0.308. The standard InChI is InChI=1S/C26H28N6O3/c1-3-4-8-17-11-13-19(14-12-17)32-20(18-9-6-5-7-10-18)15-30-22-23(28-25(30)32)29(2)26(35)31(24(22)34)16-21(27)33/h5-7,9-15,22-23H,3-4,8,16H2,1-2H3,(H2,27,33). The Hall–Kier alpha value is -4.14. The molecule has 2 unspecified atom stereocenters. The molecular formula is C26H28N6O3. The van der Waals surface area contributed by atoms with Crippen LogP contribution in [0.3, 0.4) is 0 Å². The van der Waals surface area contributed by atoms with Crippen LogP contribution in [0.5, 0.6) is 0 Å². The summed E-state index contributed by atoms with van der Waals surface area (Å²) in [6.07, 6.45) is 4.48. The number of hydrogen-bond donors (Lipinski definition) is 1. The topological polar surface area (TPSA) is 103 Å². The van der Waals surface area contributed by atoms with Crippen molar-refractivity contribution in [1.29, 1.82) is 0 Å². The van der Waals surface area contributed by atoms with Gasteiger partial charge in [0, 0.05) is 24.5 Å². The molecule has 2 aromatic carbocycles. The molecule has 3 aliphatic rings. The molecule has 0 aromatic heterocycles. The van der Waals surface area contributed by atoms with Crippen molar-refractivity contribution in [3.05, 3.63) is 71.9 Å². The summed E-state index contributed by atoms with van der Waals surface area (Å²) in [5.74, 6) is -0.672. The second-order valence-corrected chi connectivity index (χ2v) is 8.96. The van der Waals surface area contributed by atoms with Crippen molar-refractivity contribution >= 4 is 35.2 Å². The van der Waals surface area contributed by atoms with Gasteiger partial charge in [0.1, 0.15) is 6.54 Å². The van der Waals surface area contributed by atoms with E-state index in [1.165, 1.54) is 10.5 Å². The molecular weight excluding hydrogens is 444 g/mol. The normalized spacial score (nSPS) is 21.2. The van der Waals surface area contributed by atoms with E-state index in [0.29, 0.717) is 5.96 Å². The van der Waals surface area contributed by atoms with Crippen LogP contribution in [0.15, 0.2) is 65.8 Å². The van der Waals surface area contributed by atoms with Crippen LogP contribution in [0.25, 0.3) is 5.70 Å². The Morgan fingerprint density at radius 1 is 1.06 bits per heavy atom. The first-order valence-corrected chi connectivity index (χ1v) is 11.8. The number of anilines is 1. The Balaban J connectivity index is 1.55. The third kappa shape index (κ3) is 3.82. The van der Waals surface area contributed by atoms with Crippen LogP contribution in [-0.4, -0.2) is 64.3 Å². The smallest absolute Gasteiger partial charge is 0.328 e. The van der Waals surface area contributed by atoms with Gasteiger partial charge in [-0.15, -0.1) is 0 Å². The number of benzene rings is 2. The summed E-state index contributed by atoms with van der Waals surface area (Å²) in [6, 6.07) is 16.9. The summed E-state index contributed by atoms with van der Waals surface area (Å²) >= 11 is 0. The average molecular weight is 473 g/mol. The zero-order chi connectivity index (χ0) is 24.7. The van der Waals surface area contributed by atoms with Gasteiger partial charge in [0.05, 0.1) is 5.70 Å². The highest BCUT2D eigenvalue weighted by molar-refractivity contribution is 6.16. The highest BCUT2D eigenvalue weighted by Crippen LogP contribution is 2.40. The van der Waals surface area contributed by atoms with Gasteiger partial charge in [0.2, 0.25) is 11.9 Å². The number of carbonyl (C=O) groups excluding carboxylic acids is 3. The van der Waals surface area contributed by atoms with Crippen molar-refractivity contribution < 1.29 is 14.4 Å². The van der Waals surface area contributed by atoms with Gasteiger partial charge < -0.3 is 10.6 Å². The first-order chi connectivity index (χ1) is 16.9. The molecule has 5 rings (SSSR count). The summed E-state index contributed by atoms with van der Waals surface area (Å²) in [6.45, 7) is 1.71. The van der Waals surface area contributed by atoms with E-state index in [0.717, 1.165) is 41.1 Å².